The van der Waals surface area contributed by atoms with Crippen LogP contribution in [-0.4, -0.2) is 52.7 Å². The van der Waals surface area contributed by atoms with Gasteiger partial charge in [0.2, 0.25) is 10.0 Å². The first-order valence-corrected chi connectivity index (χ1v) is 10.1. The number of nitrogens with one attached hydrogen (secondary N) is 2. The quantitative estimate of drug-likeness (QED) is 0.609. The minimum absolute atomic E-state index is 0.0496. The summed E-state index contributed by atoms with van der Waals surface area (Å²) in [6, 6.07) is 0. The molecule has 114 valence electrons. The molecule has 8 heteroatoms. The lowest BCUT2D eigenvalue weighted by atomic mass is 10.0. The maximum absolute atomic E-state index is 11.9. The van der Waals surface area contributed by atoms with Gasteiger partial charge in [-0.3, -0.25) is 0 Å². The van der Waals surface area contributed by atoms with Crippen LogP contribution in [0.5, 0.6) is 0 Å². The van der Waals surface area contributed by atoms with Crippen molar-refractivity contribution in [3.8, 4) is 0 Å². The molecule has 1 aliphatic heterocycles. The lowest BCUT2D eigenvalue weighted by Gasteiger charge is -2.23. The summed E-state index contributed by atoms with van der Waals surface area (Å²) in [5.74, 6) is 0.0110. The molecule has 19 heavy (non-hydrogen) atoms. The first-order valence-electron chi connectivity index (χ1n) is 6.61. The van der Waals surface area contributed by atoms with Gasteiger partial charge in [0.05, 0.1) is 17.3 Å². The van der Waals surface area contributed by atoms with Crippen molar-refractivity contribution in [1.29, 1.82) is 0 Å². The lowest BCUT2D eigenvalue weighted by Crippen LogP contribution is -2.47. The number of sulfone groups is 1. The highest BCUT2D eigenvalue weighted by Crippen LogP contribution is 2.23. The van der Waals surface area contributed by atoms with Gasteiger partial charge in [-0.05, 0) is 39.3 Å². The molecular weight excluding hydrogens is 288 g/mol. The lowest BCUT2D eigenvalue weighted by molar-refractivity contribution is 0.460. The van der Waals surface area contributed by atoms with Crippen LogP contribution in [0, 0.1) is 0 Å². The van der Waals surface area contributed by atoms with Crippen LogP contribution in [0.4, 0.5) is 0 Å². The molecule has 1 aliphatic rings. The van der Waals surface area contributed by atoms with Crippen molar-refractivity contribution in [3.63, 3.8) is 0 Å². The van der Waals surface area contributed by atoms with Gasteiger partial charge < -0.3 is 5.32 Å². The second-order valence-corrected chi connectivity index (χ2v) is 9.41. The van der Waals surface area contributed by atoms with Crippen LogP contribution in [0.1, 0.15) is 33.1 Å². The standard InChI is InChI=1S/C11H24N2O4S2/c1-3-12-7-4-5-8-19(16,17)13-11(2)6-9-18(14,15)10-11/h12-13H,3-10H2,1-2H3. The summed E-state index contributed by atoms with van der Waals surface area (Å²) in [7, 11) is -6.50. The van der Waals surface area contributed by atoms with Crippen LogP contribution in [0.15, 0.2) is 0 Å². The van der Waals surface area contributed by atoms with Gasteiger partial charge >= 0.3 is 0 Å². The van der Waals surface area contributed by atoms with Gasteiger partial charge in [-0.25, -0.2) is 21.6 Å². The molecule has 0 aromatic carbocycles. The SMILES string of the molecule is CCNCCCCS(=O)(=O)NC1(C)CCS(=O)(=O)C1. The second kappa shape index (κ2) is 6.51. The van der Waals surface area contributed by atoms with E-state index in [0.29, 0.717) is 12.8 Å². The number of rotatable bonds is 8. The van der Waals surface area contributed by atoms with Crippen molar-refractivity contribution >= 4 is 19.9 Å². The molecule has 2 N–H and O–H groups in total. The minimum Gasteiger partial charge on any atom is -0.317 e. The number of hydrogen-bond acceptors (Lipinski definition) is 5. The van der Waals surface area contributed by atoms with Gasteiger partial charge in [0, 0.05) is 5.54 Å². The molecule has 0 bridgehead atoms. The highest BCUT2D eigenvalue weighted by molar-refractivity contribution is 7.92. The van der Waals surface area contributed by atoms with Crippen molar-refractivity contribution in [3.05, 3.63) is 0 Å². The molecule has 1 heterocycles. The molecule has 0 aliphatic carbocycles. The fraction of sp³-hybridized carbons (Fsp3) is 1.00. The van der Waals surface area contributed by atoms with Crippen LogP contribution >= 0.6 is 0 Å². The predicted octanol–water partition coefficient (Wildman–Crippen LogP) is -0.127. The fourth-order valence-corrected chi connectivity index (χ4v) is 6.03. The molecule has 1 atom stereocenters. The van der Waals surface area contributed by atoms with E-state index in [4.69, 9.17) is 0 Å². The molecule has 6 nitrogen and oxygen atoms in total. The van der Waals surface area contributed by atoms with Crippen molar-refractivity contribution in [2.75, 3.05) is 30.3 Å². The van der Waals surface area contributed by atoms with Crippen LogP contribution in [-0.2, 0) is 19.9 Å². The minimum atomic E-state index is -3.40. The fourth-order valence-electron chi connectivity index (χ4n) is 2.24. The number of sulfonamides is 1. The second-order valence-electron chi connectivity index (χ2n) is 5.38. The van der Waals surface area contributed by atoms with Crippen molar-refractivity contribution in [2.45, 2.75) is 38.6 Å². The summed E-state index contributed by atoms with van der Waals surface area (Å²) in [5.41, 5.74) is -0.834. The van der Waals surface area contributed by atoms with E-state index in [2.05, 4.69) is 10.0 Å². The van der Waals surface area contributed by atoms with Gasteiger partial charge in [-0.2, -0.15) is 0 Å². The number of unbranched alkanes of at least 4 members (excludes halogenated alkanes) is 1. The summed E-state index contributed by atoms with van der Waals surface area (Å²) in [6.07, 6.45) is 1.72. The maximum Gasteiger partial charge on any atom is 0.212 e. The number of hydrogen-bond donors (Lipinski definition) is 2. The Hall–Kier alpha value is -0.180. The van der Waals surface area contributed by atoms with Gasteiger partial charge in [-0.15, -0.1) is 0 Å². The van der Waals surface area contributed by atoms with Crippen LogP contribution in [0.3, 0.4) is 0 Å². The van der Waals surface area contributed by atoms with Gasteiger partial charge in [0.1, 0.15) is 0 Å². The Morgan fingerprint density at radius 3 is 2.47 bits per heavy atom. The topological polar surface area (TPSA) is 92.3 Å². The monoisotopic (exact) mass is 312 g/mol. The Morgan fingerprint density at radius 2 is 1.95 bits per heavy atom. The zero-order valence-corrected chi connectivity index (χ0v) is 13.2. The Kier molecular flexibility index (Phi) is 5.78. The highest BCUT2D eigenvalue weighted by Gasteiger charge is 2.40. The Labute approximate surface area is 116 Å². The first kappa shape index (κ1) is 16.9. The Morgan fingerprint density at radius 1 is 1.26 bits per heavy atom. The summed E-state index contributed by atoms with van der Waals surface area (Å²) in [4.78, 5) is 0. The van der Waals surface area contributed by atoms with Gasteiger partial charge in [0.25, 0.3) is 0 Å². The third kappa shape index (κ3) is 6.20. The van der Waals surface area contributed by atoms with E-state index < -0.39 is 25.4 Å². The molecule has 1 unspecified atom stereocenters. The average Bonchev–Trinajstić information content (AvgIpc) is 2.51. The zero-order valence-electron chi connectivity index (χ0n) is 11.6. The van der Waals surface area contributed by atoms with E-state index in [0.717, 1.165) is 19.5 Å². The first-order chi connectivity index (χ1) is 8.68. The van der Waals surface area contributed by atoms with Crippen molar-refractivity contribution in [2.24, 2.45) is 0 Å². The van der Waals surface area contributed by atoms with E-state index in [1.165, 1.54) is 0 Å². The third-order valence-corrected chi connectivity index (χ3v) is 6.70. The normalized spacial score (nSPS) is 26.6. The van der Waals surface area contributed by atoms with Crippen LogP contribution < -0.4 is 10.0 Å². The largest absolute Gasteiger partial charge is 0.317 e. The van der Waals surface area contributed by atoms with E-state index in [-0.39, 0.29) is 17.3 Å². The molecule has 0 saturated carbocycles. The molecule has 1 fully saturated rings. The van der Waals surface area contributed by atoms with E-state index in [1.807, 2.05) is 6.92 Å². The predicted molar refractivity (Wildman–Crippen MR) is 76.4 cm³/mol. The third-order valence-electron chi connectivity index (χ3n) is 3.17. The Bertz CT molecular complexity index is 487. The zero-order chi connectivity index (χ0) is 14.6. The summed E-state index contributed by atoms with van der Waals surface area (Å²) in [6.45, 7) is 5.34. The molecule has 1 rings (SSSR count). The Balaban J connectivity index is 2.42. The maximum atomic E-state index is 11.9. The highest BCUT2D eigenvalue weighted by atomic mass is 32.2. The molecular formula is C11H24N2O4S2. The van der Waals surface area contributed by atoms with E-state index >= 15 is 0 Å². The van der Waals surface area contributed by atoms with Gasteiger partial charge in [-0.1, -0.05) is 6.92 Å². The average molecular weight is 312 g/mol. The molecule has 0 aromatic heterocycles. The van der Waals surface area contributed by atoms with Crippen molar-refractivity contribution in [1.82, 2.24) is 10.0 Å². The molecule has 1 saturated heterocycles. The van der Waals surface area contributed by atoms with Crippen molar-refractivity contribution < 1.29 is 16.8 Å². The smallest absolute Gasteiger partial charge is 0.212 e. The van der Waals surface area contributed by atoms with Crippen LogP contribution in [0.2, 0.25) is 0 Å². The molecule has 0 radical (unpaired) electrons. The summed E-state index contributed by atoms with van der Waals surface area (Å²) >= 11 is 0. The van der Waals surface area contributed by atoms with Gasteiger partial charge in [0.15, 0.2) is 9.84 Å². The van der Waals surface area contributed by atoms with E-state index in [1.54, 1.807) is 6.92 Å². The van der Waals surface area contributed by atoms with Crippen LogP contribution in [0.25, 0.3) is 0 Å². The summed E-state index contributed by atoms with van der Waals surface area (Å²) in [5, 5.41) is 3.13. The molecule has 0 spiro atoms. The molecule has 0 aromatic rings. The molecule has 0 amide bonds. The van der Waals surface area contributed by atoms with E-state index in [9.17, 15) is 16.8 Å². The summed E-state index contributed by atoms with van der Waals surface area (Å²) < 4.78 is 49.2.